The lowest BCUT2D eigenvalue weighted by molar-refractivity contribution is -0.915. The van der Waals surface area contributed by atoms with E-state index >= 15 is 0 Å². The number of hydroxylamine groups is 1. The van der Waals surface area contributed by atoms with Crippen LogP contribution in [0.15, 0.2) is 48.5 Å². The third kappa shape index (κ3) is 9.91. The van der Waals surface area contributed by atoms with Crippen molar-refractivity contribution >= 4 is 23.4 Å². The third-order valence-electron chi connectivity index (χ3n) is 6.45. The molecule has 0 saturated heterocycles. The lowest BCUT2D eigenvalue weighted by atomic mass is 10.1. The standard InChI is InChI=1S/C29H34N4O5.CH4/c1-5-33(6-2,7-3)20-26(35)30-25-18-14-23(15-19-25)11-9-8-10-22-12-16-24(17-13-22)28(36)31-27(21(4)34)29(37)32-38;/h12-19,21,27,34H,5-7,20H2,1-4H3,(H3-,30,31,32,35,36,37,38);1H4/p+1/t21-,27+;/m1./s1. The topological polar surface area (TPSA) is 128 Å². The zero-order chi connectivity index (χ0) is 28.1. The van der Waals surface area contributed by atoms with Crippen LogP contribution in [-0.2, 0) is 9.59 Å². The summed E-state index contributed by atoms with van der Waals surface area (Å²) in [5.74, 6) is 9.87. The summed E-state index contributed by atoms with van der Waals surface area (Å²) in [5, 5.41) is 23.7. The molecule has 208 valence electrons. The van der Waals surface area contributed by atoms with E-state index in [1.165, 1.54) is 24.5 Å². The predicted octanol–water partition coefficient (Wildman–Crippen LogP) is 2.53. The number of nitrogens with one attached hydrogen (secondary N) is 3. The van der Waals surface area contributed by atoms with Gasteiger partial charge in [0.2, 0.25) is 0 Å². The quantitative estimate of drug-likeness (QED) is 0.138. The number of amides is 3. The van der Waals surface area contributed by atoms with Crippen molar-refractivity contribution in [1.29, 1.82) is 0 Å². The number of aliphatic hydroxyl groups is 1. The van der Waals surface area contributed by atoms with Gasteiger partial charge in [0.1, 0.15) is 6.04 Å². The van der Waals surface area contributed by atoms with E-state index in [9.17, 15) is 19.5 Å². The van der Waals surface area contributed by atoms with Gasteiger partial charge in [0, 0.05) is 22.4 Å². The molecule has 39 heavy (non-hydrogen) atoms. The molecule has 0 saturated carbocycles. The first-order valence-corrected chi connectivity index (χ1v) is 12.5. The average Bonchev–Trinajstić information content (AvgIpc) is 2.93. The van der Waals surface area contributed by atoms with Gasteiger partial charge >= 0.3 is 0 Å². The Morgan fingerprint density at radius 2 is 1.36 bits per heavy atom. The summed E-state index contributed by atoms with van der Waals surface area (Å²) in [5.41, 5.74) is 3.78. The van der Waals surface area contributed by atoms with Crippen LogP contribution >= 0.6 is 0 Å². The van der Waals surface area contributed by atoms with Gasteiger partial charge in [0.15, 0.2) is 6.54 Å². The molecule has 2 aromatic carbocycles. The Labute approximate surface area is 231 Å². The summed E-state index contributed by atoms with van der Waals surface area (Å²) in [6, 6.07) is 12.3. The van der Waals surface area contributed by atoms with Gasteiger partial charge in [-0.2, -0.15) is 0 Å². The molecule has 0 aliphatic rings. The molecule has 0 heterocycles. The fourth-order valence-electron chi connectivity index (χ4n) is 3.76. The van der Waals surface area contributed by atoms with E-state index < -0.39 is 24.0 Å². The average molecular weight is 536 g/mol. The van der Waals surface area contributed by atoms with Crippen molar-refractivity contribution < 1.29 is 29.2 Å². The largest absolute Gasteiger partial charge is 0.391 e. The lowest BCUT2D eigenvalue weighted by Crippen LogP contribution is -2.51. The second-order valence-electron chi connectivity index (χ2n) is 8.82. The molecule has 2 aromatic rings. The zero-order valence-electron chi connectivity index (χ0n) is 22.2. The van der Waals surface area contributed by atoms with E-state index in [1.807, 2.05) is 24.3 Å². The number of aliphatic hydroxyl groups excluding tert-OH is 1. The minimum Gasteiger partial charge on any atom is -0.391 e. The number of hydrogen-bond donors (Lipinski definition) is 5. The van der Waals surface area contributed by atoms with Crippen molar-refractivity contribution in [2.75, 3.05) is 31.5 Å². The maximum atomic E-state index is 12.5. The molecule has 2 atom stereocenters. The molecule has 0 aliphatic carbocycles. The summed E-state index contributed by atoms with van der Waals surface area (Å²) in [6.45, 7) is 10.8. The molecule has 0 spiro atoms. The van der Waals surface area contributed by atoms with Gasteiger partial charge in [-0.15, -0.1) is 0 Å². The Balaban J connectivity index is 0.00000760. The van der Waals surface area contributed by atoms with Gasteiger partial charge in [-0.1, -0.05) is 19.3 Å². The maximum absolute atomic E-state index is 12.5. The molecule has 5 N–H and O–H groups in total. The normalized spacial score (nSPS) is 11.7. The number of quaternary nitrogens is 1. The molecular weight excluding hydrogens is 496 g/mol. The Bertz CT molecular complexity index is 1220. The monoisotopic (exact) mass is 535 g/mol. The lowest BCUT2D eigenvalue weighted by Gasteiger charge is -2.34. The fraction of sp³-hybridized carbons (Fsp3) is 0.367. The van der Waals surface area contributed by atoms with E-state index in [-0.39, 0.29) is 18.9 Å². The van der Waals surface area contributed by atoms with Crippen LogP contribution in [0.1, 0.15) is 56.6 Å². The van der Waals surface area contributed by atoms with Crippen LogP contribution in [0.2, 0.25) is 0 Å². The summed E-state index contributed by atoms with van der Waals surface area (Å²) < 4.78 is 0.747. The molecule has 9 nitrogen and oxygen atoms in total. The third-order valence-corrected chi connectivity index (χ3v) is 6.45. The Morgan fingerprint density at radius 3 is 1.79 bits per heavy atom. The van der Waals surface area contributed by atoms with Crippen LogP contribution in [0, 0.1) is 23.7 Å². The van der Waals surface area contributed by atoms with E-state index in [0.717, 1.165) is 29.7 Å². The van der Waals surface area contributed by atoms with Gasteiger partial charge < -0.3 is 20.2 Å². The van der Waals surface area contributed by atoms with Crippen LogP contribution < -0.4 is 16.1 Å². The predicted molar refractivity (Wildman–Crippen MR) is 152 cm³/mol. The smallest absolute Gasteiger partial charge is 0.279 e. The van der Waals surface area contributed by atoms with E-state index in [2.05, 4.69) is 55.1 Å². The van der Waals surface area contributed by atoms with Crippen molar-refractivity contribution in [2.45, 2.75) is 47.3 Å². The fourth-order valence-corrected chi connectivity index (χ4v) is 3.76. The molecule has 0 aliphatic heterocycles. The van der Waals surface area contributed by atoms with Gasteiger partial charge in [0.25, 0.3) is 17.7 Å². The van der Waals surface area contributed by atoms with Gasteiger partial charge in [-0.25, -0.2) is 5.48 Å². The van der Waals surface area contributed by atoms with Crippen LogP contribution in [0.4, 0.5) is 5.69 Å². The van der Waals surface area contributed by atoms with Crippen LogP contribution in [0.3, 0.4) is 0 Å². The van der Waals surface area contributed by atoms with E-state index in [4.69, 9.17) is 5.21 Å². The number of nitrogens with zero attached hydrogens (tertiary/aromatic N) is 1. The first-order chi connectivity index (χ1) is 18.2. The van der Waals surface area contributed by atoms with Crippen LogP contribution in [0.25, 0.3) is 0 Å². The van der Waals surface area contributed by atoms with Crippen LogP contribution in [-0.4, -0.2) is 70.8 Å². The van der Waals surface area contributed by atoms with Crippen LogP contribution in [0.5, 0.6) is 0 Å². The number of benzene rings is 2. The summed E-state index contributed by atoms with van der Waals surface area (Å²) in [6.07, 6.45) is -1.20. The molecule has 0 fully saturated rings. The second kappa shape index (κ2) is 16.0. The highest BCUT2D eigenvalue weighted by Crippen LogP contribution is 2.11. The molecule has 0 aromatic heterocycles. The Morgan fingerprint density at radius 1 is 0.872 bits per heavy atom. The molecule has 0 unspecified atom stereocenters. The number of likely N-dealkylation sites (N-methyl/N-ethyl adjacent to an activating group) is 1. The molecule has 2 rings (SSSR count). The Kier molecular flexibility index (Phi) is 13.4. The summed E-state index contributed by atoms with van der Waals surface area (Å²) in [7, 11) is 0. The number of anilines is 1. The number of carbonyl (C=O) groups excluding carboxylic acids is 3. The van der Waals surface area contributed by atoms with Gasteiger partial charge in [-0.05, 0) is 88.1 Å². The number of rotatable bonds is 10. The van der Waals surface area contributed by atoms with Crippen molar-refractivity contribution in [3.05, 3.63) is 65.2 Å². The second-order valence-corrected chi connectivity index (χ2v) is 8.82. The van der Waals surface area contributed by atoms with Crippen molar-refractivity contribution in [3.8, 4) is 23.7 Å². The number of hydrogen-bond acceptors (Lipinski definition) is 5. The molecule has 9 heteroatoms. The van der Waals surface area contributed by atoms with Crippen molar-refractivity contribution in [1.82, 2.24) is 10.8 Å². The molecule has 0 radical (unpaired) electrons. The number of carbonyl (C=O) groups is 3. The van der Waals surface area contributed by atoms with Crippen molar-refractivity contribution in [3.63, 3.8) is 0 Å². The van der Waals surface area contributed by atoms with Gasteiger partial charge in [-0.3, -0.25) is 19.6 Å². The summed E-state index contributed by atoms with van der Waals surface area (Å²) >= 11 is 0. The minimum absolute atomic E-state index is 0. The highest BCUT2D eigenvalue weighted by molar-refractivity contribution is 5.97. The highest BCUT2D eigenvalue weighted by atomic mass is 16.5. The molecular formula is C30H39N4O5+. The minimum atomic E-state index is -1.30. The first-order valence-electron chi connectivity index (χ1n) is 12.5. The first kappa shape index (κ1) is 32.9. The van der Waals surface area contributed by atoms with E-state index in [1.54, 1.807) is 12.1 Å². The van der Waals surface area contributed by atoms with E-state index in [0.29, 0.717) is 17.8 Å². The highest BCUT2D eigenvalue weighted by Gasteiger charge is 2.26. The Hall–Kier alpha value is -4.15. The SMILES string of the molecule is C.CC[N+](CC)(CC)CC(=O)Nc1ccc(C#CC#Cc2ccc(C(=O)N[C@H](C(=O)NO)[C@@H](C)O)cc2)cc1. The summed E-state index contributed by atoms with van der Waals surface area (Å²) in [4.78, 5) is 36.4. The van der Waals surface area contributed by atoms with Crippen molar-refractivity contribution in [2.24, 2.45) is 0 Å². The maximum Gasteiger partial charge on any atom is 0.279 e. The van der Waals surface area contributed by atoms with Gasteiger partial charge in [0.05, 0.1) is 25.7 Å². The zero-order valence-corrected chi connectivity index (χ0v) is 22.2. The molecule has 3 amide bonds. The molecule has 0 bridgehead atoms.